The first-order chi connectivity index (χ1) is 14.5. The second kappa shape index (κ2) is 6.93. The zero-order valence-electron chi connectivity index (χ0n) is 16.4. The van der Waals surface area contributed by atoms with Crippen molar-refractivity contribution in [1.82, 2.24) is 10.2 Å². The van der Waals surface area contributed by atoms with Gasteiger partial charge in [0.2, 0.25) is 5.54 Å². The predicted molar refractivity (Wildman–Crippen MR) is 108 cm³/mol. The molecule has 1 saturated carbocycles. The molecular weight excluding hydrogens is 385 g/mol. The van der Waals surface area contributed by atoms with Gasteiger partial charge in [-0.25, -0.2) is 9.18 Å². The van der Waals surface area contributed by atoms with Crippen LogP contribution in [0.1, 0.15) is 36.8 Å². The molecule has 1 saturated heterocycles. The first-order valence-electron chi connectivity index (χ1n) is 10.3. The van der Waals surface area contributed by atoms with Crippen molar-refractivity contribution in [3.8, 4) is 0 Å². The summed E-state index contributed by atoms with van der Waals surface area (Å²) in [5.74, 6) is -1.13. The van der Waals surface area contributed by atoms with Crippen LogP contribution in [-0.2, 0) is 21.7 Å². The van der Waals surface area contributed by atoms with Gasteiger partial charge in [-0.3, -0.25) is 14.5 Å². The van der Waals surface area contributed by atoms with Crippen molar-refractivity contribution in [2.24, 2.45) is 5.92 Å². The molecule has 3 aliphatic rings. The molecule has 2 aromatic rings. The number of hydrogen-bond acceptors (Lipinski definition) is 3. The fraction of sp³-hybridized carbons (Fsp3) is 0.348. The van der Waals surface area contributed by atoms with Crippen LogP contribution in [0.3, 0.4) is 0 Å². The molecule has 1 unspecified atom stereocenters. The first kappa shape index (κ1) is 18.8. The summed E-state index contributed by atoms with van der Waals surface area (Å²) in [5, 5.41) is 2.71. The van der Waals surface area contributed by atoms with E-state index in [0.717, 1.165) is 25.7 Å². The van der Waals surface area contributed by atoms with Crippen LogP contribution < -0.4 is 10.2 Å². The van der Waals surface area contributed by atoms with Gasteiger partial charge in [-0.15, -0.1) is 0 Å². The largest absolute Gasteiger partial charge is 0.325 e. The molecule has 154 valence electrons. The third-order valence-corrected chi connectivity index (χ3v) is 6.42. The number of amides is 4. The zero-order valence-corrected chi connectivity index (χ0v) is 16.4. The second-order valence-corrected chi connectivity index (χ2v) is 8.28. The third-order valence-electron chi connectivity index (χ3n) is 6.42. The molecule has 1 atom stereocenters. The smallest absolute Gasteiger partial charge is 0.311 e. The van der Waals surface area contributed by atoms with Crippen molar-refractivity contribution in [2.75, 3.05) is 11.4 Å². The van der Waals surface area contributed by atoms with Gasteiger partial charge in [-0.1, -0.05) is 43.2 Å². The van der Waals surface area contributed by atoms with Crippen molar-refractivity contribution in [2.45, 2.75) is 37.8 Å². The number of nitrogens with one attached hydrogen (secondary N) is 1. The molecule has 1 aliphatic carbocycles. The Labute approximate surface area is 173 Å². The van der Waals surface area contributed by atoms with E-state index in [2.05, 4.69) is 5.32 Å². The van der Waals surface area contributed by atoms with Crippen LogP contribution in [0.25, 0.3) is 0 Å². The Balaban J connectivity index is 1.51. The molecule has 2 heterocycles. The lowest BCUT2D eigenvalue weighted by molar-refractivity contribution is -0.138. The van der Waals surface area contributed by atoms with Crippen molar-refractivity contribution >= 4 is 23.5 Å². The van der Waals surface area contributed by atoms with Crippen molar-refractivity contribution in [1.29, 1.82) is 0 Å². The van der Waals surface area contributed by atoms with Gasteiger partial charge in [0.05, 0.1) is 12.2 Å². The van der Waals surface area contributed by atoms with Crippen LogP contribution in [0.5, 0.6) is 0 Å². The highest BCUT2D eigenvalue weighted by Gasteiger charge is 2.63. The minimum atomic E-state index is -1.74. The number of nitrogens with zero attached hydrogens (tertiary/aromatic N) is 2. The van der Waals surface area contributed by atoms with Crippen LogP contribution in [-0.4, -0.2) is 29.3 Å². The summed E-state index contributed by atoms with van der Waals surface area (Å²) in [4.78, 5) is 42.5. The molecule has 2 aromatic carbocycles. The van der Waals surface area contributed by atoms with Crippen LogP contribution in [0, 0.1) is 11.7 Å². The average molecular weight is 407 g/mol. The quantitative estimate of drug-likeness (QED) is 0.625. The maximum atomic E-state index is 13.7. The van der Waals surface area contributed by atoms with Gasteiger partial charge < -0.3 is 10.2 Å². The molecule has 0 aromatic heterocycles. The molecule has 7 heteroatoms. The number of carbonyl (C=O) groups excluding carboxylic acids is 3. The van der Waals surface area contributed by atoms with E-state index in [1.807, 2.05) is 0 Å². The Morgan fingerprint density at radius 1 is 0.967 bits per heavy atom. The van der Waals surface area contributed by atoms with Gasteiger partial charge in [-0.05, 0) is 42.5 Å². The van der Waals surface area contributed by atoms with Crippen LogP contribution in [0.15, 0.2) is 48.5 Å². The van der Waals surface area contributed by atoms with Gasteiger partial charge in [0.15, 0.2) is 0 Å². The number of benzene rings is 2. The average Bonchev–Trinajstić information content (AvgIpc) is 3.40. The summed E-state index contributed by atoms with van der Waals surface area (Å²) in [5.41, 5.74) is -0.101. The molecule has 0 radical (unpaired) electrons. The van der Waals surface area contributed by atoms with E-state index in [0.29, 0.717) is 23.4 Å². The highest BCUT2D eigenvalue weighted by atomic mass is 19.1. The lowest BCUT2D eigenvalue weighted by Gasteiger charge is -2.23. The SMILES string of the molecule is O=C1NC2(C(=O)N1CC1CCCC1)C(=O)N(Cc1cccc(F)c1)c1ccccc12. The van der Waals surface area contributed by atoms with Crippen LogP contribution in [0.4, 0.5) is 14.9 Å². The van der Waals surface area contributed by atoms with E-state index >= 15 is 0 Å². The van der Waals surface area contributed by atoms with Gasteiger partial charge in [0.1, 0.15) is 5.82 Å². The zero-order chi connectivity index (χ0) is 20.9. The van der Waals surface area contributed by atoms with Crippen molar-refractivity contribution < 1.29 is 18.8 Å². The summed E-state index contributed by atoms with van der Waals surface area (Å²) in [6.07, 6.45) is 4.17. The summed E-state index contributed by atoms with van der Waals surface area (Å²) in [6.45, 7) is 0.451. The highest BCUT2D eigenvalue weighted by Crippen LogP contribution is 2.44. The monoisotopic (exact) mass is 407 g/mol. The van der Waals surface area contributed by atoms with Crippen molar-refractivity contribution in [3.63, 3.8) is 0 Å². The van der Waals surface area contributed by atoms with E-state index in [4.69, 9.17) is 0 Å². The van der Waals surface area contributed by atoms with E-state index < -0.39 is 29.2 Å². The minimum Gasteiger partial charge on any atom is -0.311 e. The van der Waals surface area contributed by atoms with E-state index in [1.54, 1.807) is 36.4 Å². The Morgan fingerprint density at radius 3 is 2.47 bits per heavy atom. The maximum absolute atomic E-state index is 13.7. The fourth-order valence-corrected chi connectivity index (χ4v) is 4.95. The number of hydrogen-bond donors (Lipinski definition) is 1. The second-order valence-electron chi connectivity index (χ2n) is 8.28. The van der Waals surface area contributed by atoms with Gasteiger partial charge >= 0.3 is 6.03 Å². The normalized spacial score (nSPS) is 23.6. The van der Waals surface area contributed by atoms with E-state index in [1.165, 1.54) is 21.9 Å². The lowest BCUT2D eigenvalue weighted by atomic mass is 9.91. The molecule has 6 nitrogen and oxygen atoms in total. The Hall–Kier alpha value is -3.22. The molecule has 4 amide bonds. The Morgan fingerprint density at radius 2 is 1.70 bits per heavy atom. The number of fused-ring (bicyclic) bond motifs is 2. The van der Waals surface area contributed by atoms with Gasteiger partial charge in [0, 0.05) is 12.1 Å². The number of urea groups is 1. The number of para-hydroxylation sites is 1. The molecule has 1 N–H and O–H groups in total. The predicted octanol–water partition coefficient (Wildman–Crippen LogP) is 3.31. The Bertz CT molecular complexity index is 1050. The standard InChI is InChI=1S/C23H22FN3O3/c24-17-9-5-8-16(12-17)14-26-19-11-4-3-10-18(19)23(20(26)28)21(29)27(22(30)25-23)13-15-6-1-2-7-15/h3-5,8-12,15H,1-2,6-7,13-14H2,(H,25,30). The maximum Gasteiger partial charge on any atom is 0.325 e. The lowest BCUT2D eigenvalue weighted by Crippen LogP contribution is -2.52. The van der Waals surface area contributed by atoms with Gasteiger partial charge in [0.25, 0.3) is 11.8 Å². The molecule has 1 spiro atoms. The number of anilines is 1. The number of halogens is 1. The number of carbonyl (C=O) groups is 3. The number of imide groups is 1. The van der Waals surface area contributed by atoms with Crippen molar-refractivity contribution in [3.05, 3.63) is 65.5 Å². The summed E-state index contributed by atoms with van der Waals surface area (Å²) < 4.78 is 13.7. The molecule has 2 aliphatic heterocycles. The Kier molecular flexibility index (Phi) is 4.34. The van der Waals surface area contributed by atoms with Gasteiger partial charge in [-0.2, -0.15) is 0 Å². The fourth-order valence-electron chi connectivity index (χ4n) is 4.95. The summed E-state index contributed by atoms with van der Waals surface area (Å²) >= 11 is 0. The highest BCUT2D eigenvalue weighted by molar-refractivity contribution is 6.27. The molecule has 0 bridgehead atoms. The summed E-state index contributed by atoms with van der Waals surface area (Å²) in [7, 11) is 0. The minimum absolute atomic E-state index is 0.112. The molecule has 2 fully saturated rings. The molecular formula is C23H22FN3O3. The number of rotatable bonds is 4. The van der Waals surface area contributed by atoms with E-state index in [9.17, 15) is 18.8 Å². The molecule has 30 heavy (non-hydrogen) atoms. The summed E-state index contributed by atoms with van der Waals surface area (Å²) in [6, 6.07) is 12.5. The van der Waals surface area contributed by atoms with Crippen LogP contribution >= 0.6 is 0 Å². The van der Waals surface area contributed by atoms with E-state index in [-0.39, 0.29) is 12.5 Å². The topological polar surface area (TPSA) is 69.7 Å². The third kappa shape index (κ3) is 2.72. The molecule has 5 rings (SSSR count). The first-order valence-corrected chi connectivity index (χ1v) is 10.3. The van der Waals surface area contributed by atoms with Crippen LogP contribution in [0.2, 0.25) is 0 Å².